The Morgan fingerprint density at radius 3 is 2.30 bits per heavy atom. The van der Waals surface area contributed by atoms with E-state index in [4.69, 9.17) is 0 Å². The number of nitrogens with zero attached hydrogens (tertiary/aromatic N) is 1. The van der Waals surface area contributed by atoms with Crippen LogP contribution in [0.15, 0.2) is 24.3 Å². The lowest BCUT2D eigenvalue weighted by molar-refractivity contribution is -0.132. The van der Waals surface area contributed by atoms with Crippen LogP contribution in [0.2, 0.25) is 0 Å². The van der Waals surface area contributed by atoms with Crippen LogP contribution in [-0.4, -0.2) is 34.6 Å². The third-order valence-corrected chi connectivity index (χ3v) is 3.57. The molecule has 1 aromatic carbocycles. The van der Waals surface area contributed by atoms with Crippen molar-refractivity contribution in [2.45, 2.75) is 38.8 Å². The fourth-order valence-corrected chi connectivity index (χ4v) is 2.15. The molecule has 2 amide bonds. The predicted molar refractivity (Wildman–Crippen MR) is 75.5 cm³/mol. The van der Waals surface area contributed by atoms with E-state index in [0.29, 0.717) is 6.54 Å². The average molecular weight is 276 g/mol. The summed E-state index contributed by atoms with van der Waals surface area (Å²) < 4.78 is 0. The van der Waals surface area contributed by atoms with Gasteiger partial charge in [0, 0.05) is 13.1 Å². The normalized spacial score (nSPS) is 18.1. The minimum absolute atomic E-state index is 0.0683. The third-order valence-electron chi connectivity index (χ3n) is 3.57. The quantitative estimate of drug-likeness (QED) is 0.829. The topological polar surface area (TPSA) is 69.6 Å². The van der Waals surface area contributed by atoms with Crippen LogP contribution in [0.5, 0.6) is 0 Å². The summed E-state index contributed by atoms with van der Waals surface area (Å²) >= 11 is 0. The highest BCUT2D eigenvalue weighted by Crippen LogP contribution is 2.23. The molecule has 1 atom stereocenters. The Kier molecular flexibility index (Phi) is 3.70. The van der Waals surface area contributed by atoms with E-state index in [1.807, 2.05) is 24.3 Å². The van der Waals surface area contributed by atoms with Gasteiger partial charge in [-0.1, -0.05) is 45.0 Å². The van der Waals surface area contributed by atoms with Gasteiger partial charge in [0.25, 0.3) is 0 Å². The van der Waals surface area contributed by atoms with E-state index in [1.165, 1.54) is 10.5 Å². The second-order valence-corrected chi connectivity index (χ2v) is 6.12. The minimum Gasteiger partial charge on any atom is -0.465 e. The van der Waals surface area contributed by atoms with Gasteiger partial charge in [-0.05, 0) is 16.5 Å². The summed E-state index contributed by atoms with van der Waals surface area (Å²) in [6.07, 6.45) is -1.07. The van der Waals surface area contributed by atoms with Crippen molar-refractivity contribution < 1.29 is 14.7 Å². The molecular formula is C15H20N2O3. The van der Waals surface area contributed by atoms with Crippen molar-refractivity contribution in [1.82, 2.24) is 10.2 Å². The Labute approximate surface area is 118 Å². The van der Waals surface area contributed by atoms with Crippen LogP contribution in [0, 0.1) is 0 Å². The van der Waals surface area contributed by atoms with Crippen LogP contribution in [0.4, 0.5) is 4.79 Å². The van der Waals surface area contributed by atoms with Crippen molar-refractivity contribution in [2.24, 2.45) is 0 Å². The zero-order chi connectivity index (χ0) is 14.9. The van der Waals surface area contributed by atoms with Gasteiger partial charge in [-0.25, -0.2) is 4.79 Å². The van der Waals surface area contributed by atoms with Crippen LogP contribution >= 0.6 is 0 Å². The summed E-state index contributed by atoms with van der Waals surface area (Å²) in [7, 11) is 0. The molecule has 0 bridgehead atoms. The summed E-state index contributed by atoms with van der Waals surface area (Å²) in [5.41, 5.74) is 2.16. The molecule has 2 rings (SSSR count). The molecule has 1 saturated heterocycles. The first-order chi connectivity index (χ1) is 9.29. The maximum atomic E-state index is 11.3. The van der Waals surface area contributed by atoms with Gasteiger partial charge < -0.3 is 10.4 Å². The molecule has 0 unspecified atom stereocenters. The number of nitrogens with one attached hydrogen (secondary N) is 1. The molecule has 5 heteroatoms. The standard InChI is InChI=1S/C15H20N2O3/c1-15(2,3)11-6-4-10(5-7-11)9-17(14(19)20)12-8-16-13(12)18/h4-7,12H,8-9H2,1-3H3,(H,16,18)(H,19,20)/t12-/m0/s1. The lowest BCUT2D eigenvalue weighted by Crippen LogP contribution is -2.62. The molecule has 1 aromatic rings. The Hall–Kier alpha value is -2.04. The predicted octanol–water partition coefficient (Wildman–Crippen LogP) is 1.96. The fourth-order valence-electron chi connectivity index (χ4n) is 2.15. The molecule has 0 saturated carbocycles. The van der Waals surface area contributed by atoms with Gasteiger partial charge in [0.2, 0.25) is 5.91 Å². The van der Waals surface area contributed by atoms with Gasteiger partial charge in [0.1, 0.15) is 6.04 Å². The molecule has 0 spiro atoms. The summed E-state index contributed by atoms with van der Waals surface area (Å²) in [6.45, 7) is 7.02. The molecule has 0 aliphatic carbocycles. The molecule has 1 heterocycles. The Bertz CT molecular complexity index is 517. The van der Waals surface area contributed by atoms with Gasteiger partial charge in [0.05, 0.1) is 0 Å². The van der Waals surface area contributed by atoms with Crippen LogP contribution in [0.1, 0.15) is 31.9 Å². The highest BCUT2D eigenvalue weighted by atomic mass is 16.4. The number of carbonyl (C=O) groups is 2. The molecule has 5 nitrogen and oxygen atoms in total. The molecule has 20 heavy (non-hydrogen) atoms. The number of carboxylic acid groups (broad SMARTS) is 1. The number of rotatable bonds is 3. The Morgan fingerprint density at radius 2 is 1.95 bits per heavy atom. The molecule has 2 N–H and O–H groups in total. The van der Waals surface area contributed by atoms with E-state index in [0.717, 1.165) is 5.56 Å². The van der Waals surface area contributed by atoms with Crippen molar-refractivity contribution in [3.05, 3.63) is 35.4 Å². The Morgan fingerprint density at radius 1 is 1.35 bits per heavy atom. The number of benzene rings is 1. The molecule has 1 fully saturated rings. The first-order valence-corrected chi connectivity index (χ1v) is 6.66. The molecular weight excluding hydrogens is 256 g/mol. The van der Waals surface area contributed by atoms with E-state index >= 15 is 0 Å². The summed E-state index contributed by atoms with van der Waals surface area (Å²) in [4.78, 5) is 23.8. The first kappa shape index (κ1) is 14.4. The Balaban J connectivity index is 2.11. The summed E-state index contributed by atoms with van der Waals surface area (Å²) in [6, 6.07) is 7.31. The van der Waals surface area contributed by atoms with Crippen LogP contribution < -0.4 is 5.32 Å². The van der Waals surface area contributed by atoms with E-state index < -0.39 is 12.1 Å². The number of amides is 2. The third kappa shape index (κ3) is 2.92. The highest BCUT2D eigenvalue weighted by Gasteiger charge is 2.36. The molecule has 1 aliphatic heterocycles. The van der Waals surface area contributed by atoms with Gasteiger partial charge in [0.15, 0.2) is 0 Å². The maximum Gasteiger partial charge on any atom is 0.408 e. The fraction of sp³-hybridized carbons (Fsp3) is 0.467. The van der Waals surface area contributed by atoms with Gasteiger partial charge >= 0.3 is 6.09 Å². The minimum atomic E-state index is -1.07. The van der Waals surface area contributed by atoms with Crippen molar-refractivity contribution in [2.75, 3.05) is 6.54 Å². The number of carbonyl (C=O) groups excluding carboxylic acids is 1. The second kappa shape index (κ2) is 5.15. The first-order valence-electron chi connectivity index (χ1n) is 6.66. The van der Waals surface area contributed by atoms with Crippen LogP contribution in [0.25, 0.3) is 0 Å². The second-order valence-electron chi connectivity index (χ2n) is 6.12. The van der Waals surface area contributed by atoms with Crippen LogP contribution in [0.3, 0.4) is 0 Å². The molecule has 108 valence electrons. The number of hydrogen-bond donors (Lipinski definition) is 2. The number of β-lactam (4-membered cyclic amide) rings is 1. The summed E-state index contributed by atoms with van der Waals surface area (Å²) in [5, 5.41) is 11.8. The lowest BCUT2D eigenvalue weighted by Gasteiger charge is -2.34. The average Bonchev–Trinajstić information content (AvgIpc) is 2.35. The molecule has 0 radical (unpaired) electrons. The van der Waals surface area contributed by atoms with Crippen LogP contribution in [-0.2, 0) is 16.8 Å². The summed E-state index contributed by atoms with van der Waals surface area (Å²) in [5.74, 6) is -0.223. The van der Waals surface area contributed by atoms with E-state index in [-0.39, 0.29) is 17.9 Å². The van der Waals surface area contributed by atoms with E-state index in [2.05, 4.69) is 26.1 Å². The largest absolute Gasteiger partial charge is 0.465 e. The monoisotopic (exact) mass is 276 g/mol. The maximum absolute atomic E-state index is 11.3. The van der Waals surface area contributed by atoms with E-state index in [9.17, 15) is 14.7 Å². The van der Waals surface area contributed by atoms with Gasteiger partial charge in [-0.3, -0.25) is 9.69 Å². The van der Waals surface area contributed by atoms with Crippen molar-refractivity contribution in [3.63, 3.8) is 0 Å². The zero-order valence-corrected chi connectivity index (χ0v) is 12.0. The SMILES string of the molecule is CC(C)(C)c1ccc(CN(C(=O)O)[C@H]2CNC2=O)cc1. The highest BCUT2D eigenvalue weighted by molar-refractivity contribution is 5.90. The zero-order valence-electron chi connectivity index (χ0n) is 12.0. The lowest BCUT2D eigenvalue weighted by atomic mass is 9.86. The van der Waals surface area contributed by atoms with Gasteiger partial charge in [-0.15, -0.1) is 0 Å². The number of hydrogen-bond acceptors (Lipinski definition) is 2. The van der Waals surface area contributed by atoms with Crippen molar-refractivity contribution >= 4 is 12.0 Å². The molecule has 0 aromatic heterocycles. The van der Waals surface area contributed by atoms with E-state index in [1.54, 1.807) is 0 Å². The van der Waals surface area contributed by atoms with Crippen molar-refractivity contribution in [1.29, 1.82) is 0 Å². The smallest absolute Gasteiger partial charge is 0.408 e. The van der Waals surface area contributed by atoms with Gasteiger partial charge in [-0.2, -0.15) is 0 Å². The molecule has 1 aliphatic rings. The van der Waals surface area contributed by atoms with Crippen molar-refractivity contribution in [3.8, 4) is 0 Å².